The first kappa shape index (κ1) is 15.5. The fourth-order valence-corrected chi connectivity index (χ4v) is 1.78. The van der Waals surface area contributed by atoms with Crippen molar-refractivity contribution in [1.82, 2.24) is 5.32 Å². The van der Waals surface area contributed by atoms with Crippen LogP contribution in [0.5, 0.6) is 5.75 Å². The summed E-state index contributed by atoms with van der Waals surface area (Å²) in [7, 11) is 0. The third-order valence-electron chi connectivity index (χ3n) is 2.99. The van der Waals surface area contributed by atoms with E-state index < -0.39 is 6.10 Å². The van der Waals surface area contributed by atoms with Crippen molar-refractivity contribution in [2.24, 2.45) is 0 Å². The van der Waals surface area contributed by atoms with E-state index >= 15 is 0 Å². The van der Waals surface area contributed by atoms with E-state index in [4.69, 9.17) is 4.74 Å². The minimum Gasteiger partial charge on any atom is -0.480 e. The minimum atomic E-state index is -0.445. The smallest absolute Gasteiger partial charge is 0.261 e. The Morgan fingerprint density at radius 2 is 1.95 bits per heavy atom. The van der Waals surface area contributed by atoms with Crippen molar-refractivity contribution in [3.8, 4) is 5.75 Å². The van der Waals surface area contributed by atoms with E-state index in [1.54, 1.807) is 0 Å². The van der Waals surface area contributed by atoms with Gasteiger partial charge in [-0.2, -0.15) is 0 Å². The average molecular weight is 263 g/mol. The molecule has 3 nitrogen and oxygen atoms in total. The second-order valence-electron chi connectivity index (χ2n) is 5.95. The summed E-state index contributed by atoms with van der Waals surface area (Å²) >= 11 is 0. The Balaban J connectivity index is 2.82. The summed E-state index contributed by atoms with van der Waals surface area (Å²) in [6.07, 6.45) is 0.203. The van der Waals surface area contributed by atoms with Crippen LogP contribution < -0.4 is 10.1 Å². The van der Waals surface area contributed by atoms with Gasteiger partial charge >= 0.3 is 0 Å². The molecule has 1 N–H and O–H groups in total. The summed E-state index contributed by atoms with van der Waals surface area (Å²) in [5, 5.41) is 2.96. The van der Waals surface area contributed by atoms with Gasteiger partial charge < -0.3 is 10.1 Å². The molecule has 1 aromatic carbocycles. The number of aryl methyl sites for hydroxylation is 1. The fourth-order valence-electron chi connectivity index (χ4n) is 1.78. The molecule has 1 atom stereocenters. The third-order valence-corrected chi connectivity index (χ3v) is 2.99. The van der Waals surface area contributed by atoms with Crippen LogP contribution in [0.3, 0.4) is 0 Å². The molecular formula is C16H25NO2. The molecule has 0 spiro atoms. The highest BCUT2D eigenvalue weighted by molar-refractivity contribution is 5.81. The van der Waals surface area contributed by atoms with Crippen molar-refractivity contribution in [2.75, 3.05) is 0 Å². The standard InChI is InChI=1S/C16H25NO2/c1-7-13(15(18)17-16(4,5)6)19-14-10-8-9-11(2)12(14)3/h8-10,13H,7H2,1-6H3,(H,17,18). The second-order valence-corrected chi connectivity index (χ2v) is 5.95. The summed E-state index contributed by atoms with van der Waals surface area (Å²) in [5.41, 5.74) is 2.02. The van der Waals surface area contributed by atoms with Crippen LogP contribution in [0.2, 0.25) is 0 Å². The molecule has 0 heterocycles. The molecule has 0 aromatic heterocycles. The van der Waals surface area contributed by atoms with Gasteiger partial charge in [-0.25, -0.2) is 0 Å². The van der Waals surface area contributed by atoms with Crippen LogP contribution in [0.15, 0.2) is 18.2 Å². The first-order valence-corrected chi connectivity index (χ1v) is 6.79. The predicted molar refractivity (Wildman–Crippen MR) is 78.5 cm³/mol. The van der Waals surface area contributed by atoms with E-state index in [-0.39, 0.29) is 11.4 Å². The number of rotatable bonds is 4. The average Bonchev–Trinajstić information content (AvgIpc) is 2.28. The van der Waals surface area contributed by atoms with Gasteiger partial charge in [0.15, 0.2) is 6.10 Å². The van der Waals surface area contributed by atoms with Crippen molar-refractivity contribution in [2.45, 2.75) is 59.6 Å². The van der Waals surface area contributed by atoms with Crippen LogP contribution in [0.25, 0.3) is 0 Å². The summed E-state index contributed by atoms with van der Waals surface area (Å²) < 4.78 is 5.87. The molecule has 0 radical (unpaired) electrons. The third kappa shape index (κ3) is 4.58. The molecule has 0 aliphatic rings. The maximum atomic E-state index is 12.2. The molecule has 0 bridgehead atoms. The molecule has 1 amide bonds. The molecule has 0 fully saturated rings. The Hall–Kier alpha value is -1.51. The lowest BCUT2D eigenvalue weighted by Crippen LogP contribution is -2.47. The fraction of sp³-hybridized carbons (Fsp3) is 0.562. The Morgan fingerprint density at radius 3 is 2.47 bits per heavy atom. The van der Waals surface area contributed by atoms with Crippen LogP contribution in [0.1, 0.15) is 45.2 Å². The van der Waals surface area contributed by atoms with Crippen LogP contribution in [0.4, 0.5) is 0 Å². The van der Waals surface area contributed by atoms with Gasteiger partial charge in [-0.05, 0) is 58.2 Å². The zero-order valence-electron chi connectivity index (χ0n) is 12.8. The lowest BCUT2D eigenvalue weighted by molar-refractivity contribution is -0.129. The van der Waals surface area contributed by atoms with Gasteiger partial charge in [0.05, 0.1) is 0 Å². The molecule has 3 heteroatoms. The molecule has 0 aliphatic carbocycles. The highest BCUT2D eigenvalue weighted by atomic mass is 16.5. The Morgan fingerprint density at radius 1 is 1.32 bits per heavy atom. The first-order chi connectivity index (χ1) is 8.74. The molecule has 106 valence electrons. The van der Waals surface area contributed by atoms with Gasteiger partial charge in [0, 0.05) is 5.54 Å². The van der Waals surface area contributed by atoms with Crippen molar-refractivity contribution in [1.29, 1.82) is 0 Å². The predicted octanol–water partition coefficient (Wildman–Crippen LogP) is 3.38. The molecule has 0 saturated heterocycles. The number of carbonyl (C=O) groups is 1. The molecule has 19 heavy (non-hydrogen) atoms. The molecule has 1 rings (SSSR count). The zero-order valence-corrected chi connectivity index (χ0v) is 12.8. The van der Waals surface area contributed by atoms with Gasteiger partial charge in [0.1, 0.15) is 5.75 Å². The summed E-state index contributed by atoms with van der Waals surface area (Å²) in [5.74, 6) is 0.729. The van der Waals surface area contributed by atoms with Gasteiger partial charge in [-0.15, -0.1) is 0 Å². The van der Waals surface area contributed by atoms with Crippen LogP contribution in [0, 0.1) is 13.8 Å². The summed E-state index contributed by atoms with van der Waals surface area (Å²) in [6.45, 7) is 11.9. The molecule has 0 saturated carbocycles. The number of amides is 1. The maximum Gasteiger partial charge on any atom is 0.261 e. The summed E-state index contributed by atoms with van der Waals surface area (Å²) in [6, 6.07) is 5.90. The van der Waals surface area contributed by atoms with Crippen molar-refractivity contribution in [3.05, 3.63) is 29.3 Å². The lowest BCUT2D eigenvalue weighted by Gasteiger charge is -2.25. The summed E-state index contributed by atoms with van der Waals surface area (Å²) in [4.78, 5) is 12.2. The highest BCUT2D eigenvalue weighted by Crippen LogP contribution is 2.22. The monoisotopic (exact) mass is 263 g/mol. The molecule has 0 aliphatic heterocycles. The molecule has 1 aromatic rings. The topological polar surface area (TPSA) is 38.3 Å². The largest absolute Gasteiger partial charge is 0.480 e. The van der Waals surface area contributed by atoms with E-state index in [1.165, 1.54) is 5.56 Å². The van der Waals surface area contributed by atoms with E-state index in [0.29, 0.717) is 6.42 Å². The quantitative estimate of drug-likeness (QED) is 0.904. The van der Waals surface area contributed by atoms with Crippen molar-refractivity contribution >= 4 is 5.91 Å². The number of carbonyl (C=O) groups excluding carboxylic acids is 1. The van der Waals surface area contributed by atoms with Crippen molar-refractivity contribution in [3.63, 3.8) is 0 Å². The van der Waals surface area contributed by atoms with E-state index in [9.17, 15) is 4.79 Å². The number of hydrogen-bond acceptors (Lipinski definition) is 2. The van der Waals surface area contributed by atoms with Crippen LogP contribution >= 0.6 is 0 Å². The van der Waals surface area contributed by atoms with E-state index in [2.05, 4.69) is 5.32 Å². The number of benzene rings is 1. The van der Waals surface area contributed by atoms with Gasteiger partial charge in [0.25, 0.3) is 5.91 Å². The Bertz CT molecular complexity index is 447. The SMILES string of the molecule is CCC(Oc1cccc(C)c1C)C(=O)NC(C)(C)C. The first-order valence-electron chi connectivity index (χ1n) is 6.79. The second kappa shape index (κ2) is 6.09. The Labute approximate surface area is 116 Å². The maximum absolute atomic E-state index is 12.2. The number of nitrogens with one attached hydrogen (secondary N) is 1. The van der Waals surface area contributed by atoms with Gasteiger partial charge in [-0.1, -0.05) is 19.1 Å². The highest BCUT2D eigenvalue weighted by Gasteiger charge is 2.23. The number of ether oxygens (including phenoxy) is 1. The minimum absolute atomic E-state index is 0.0593. The van der Waals surface area contributed by atoms with E-state index in [1.807, 2.05) is 59.7 Å². The number of hydrogen-bond donors (Lipinski definition) is 1. The normalized spacial score (nSPS) is 12.9. The lowest BCUT2D eigenvalue weighted by atomic mass is 10.1. The van der Waals surface area contributed by atoms with E-state index in [0.717, 1.165) is 11.3 Å². The Kier molecular flexibility index (Phi) is 4.98. The van der Waals surface area contributed by atoms with Crippen LogP contribution in [-0.2, 0) is 4.79 Å². The van der Waals surface area contributed by atoms with Gasteiger partial charge in [0.2, 0.25) is 0 Å². The van der Waals surface area contributed by atoms with Gasteiger partial charge in [-0.3, -0.25) is 4.79 Å². The molecule has 1 unspecified atom stereocenters. The van der Waals surface area contributed by atoms with Crippen molar-refractivity contribution < 1.29 is 9.53 Å². The van der Waals surface area contributed by atoms with Crippen LogP contribution in [-0.4, -0.2) is 17.6 Å². The molecular weight excluding hydrogens is 238 g/mol. The zero-order chi connectivity index (χ0) is 14.6.